The number of hydrogen-bond donors (Lipinski definition) is 2. The Morgan fingerprint density at radius 2 is 1.93 bits per heavy atom. The number of nitrogens with one attached hydrogen (secondary N) is 2. The number of fused-ring (bicyclic) bond motifs is 2. The lowest BCUT2D eigenvalue weighted by Gasteiger charge is -2.23. The number of methoxy groups -OCH3 is 2. The summed E-state index contributed by atoms with van der Waals surface area (Å²) in [4.78, 5) is 27.1. The van der Waals surface area contributed by atoms with Crippen LogP contribution in [0.15, 0.2) is 42.5 Å². The predicted molar refractivity (Wildman–Crippen MR) is 102 cm³/mol. The van der Waals surface area contributed by atoms with Crippen molar-refractivity contribution < 1.29 is 19.1 Å². The summed E-state index contributed by atoms with van der Waals surface area (Å²) in [5, 5.41) is 5.81. The van der Waals surface area contributed by atoms with Crippen molar-refractivity contribution >= 4 is 23.3 Å². The molecule has 3 amide bonds. The molecule has 7 heteroatoms. The second kappa shape index (κ2) is 6.50. The van der Waals surface area contributed by atoms with E-state index in [0.29, 0.717) is 36.7 Å². The molecule has 1 fully saturated rings. The van der Waals surface area contributed by atoms with Gasteiger partial charge in [-0.05, 0) is 42.3 Å². The lowest BCUT2D eigenvalue weighted by Crippen LogP contribution is -2.40. The summed E-state index contributed by atoms with van der Waals surface area (Å²) in [7, 11) is 3.18. The third-order valence-electron chi connectivity index (χ3n) is 5.30. The van der Waals surface area contributed by atoms with Crippen molar-refractivity contribution in [3.8, 4) is 11.5 Å². The van der Waals surface area contributed by atoms with Crippen molar-refractivity contribution in [2.45, 2.75) is 11.8 Å². The first kappa shape index (κ1) is 17.2. The number of hydrogen-bond acceptors (Lipinski definition) is 4. The second-order valence-corrected chi connectivity index (χ2v) is 6.78. The van der Waals surface area contributed by atoms with Crippen LogP contribution in [0.25, 0.3) is 0 Å². The third-order valence-corrected chi connectivity index (χ3v) is 5.30. The SMILES string of the molecule is COc1cccc(NC(=O)N2CCC3(C2)C(=O)Nc2ccc(OC)cc23)c1. The molecule has 4 rings (SSSR count). The zero-order chi connectivity index (χ0) is 19.0. The van der Waals surface area contributed by atoms with E-state index < -0.39 is 5.41 Å². The second-order valence-electron chi connectivity index (χ2n) is 6.78. The molecule has 27 heavy (non-hydrogen) atoms. The van der Waals surface area contributed by atoms with Crippen LogP contribution in [0.5, 0.6) is 11.5 Å². The molecule has 7 nitrogen and oxygen atoms in total. The smallest absolute Gasteiger partial charge is 0.321 e. The molecule has 2 N–H and O–H groups in total. The van der Waals surface area contributed by atoms with Crippen LogP contribution >= 0.6 is 0 Å². The normalized spacial score (nSPS) is 20.4. The maximum atomic E-state index is 12.7. The van der Waals surface area contributed by atoms with Gasteiger partial charge < -0.3 is 25.0 Å². The number of urea groups is 1. The summed E-state index contributed by atoms with van der Waals surface area (Å²) in [5.74, 6) is 1.30. The zero-order valence-corrected chi connectivity index (χ0v) is 15.2. The summed E-state index contributed by atoms with van der Waals surface area (Å²) < 4.78 is 10.5. The maximum Gasteiger partial charge on any atom is 0.321 e. The van der Waals surface area contributed by atoms with E-state index in [0.717, 1.165) is 11.3 Å². The minimum Gasteiger partial charge on any atom is -0.497 e. The first-order chi connectivity index (χ1) is 13.1. The van der Waals surface area contributed by atoms with Crippen LogP contribution in [0.4, 0.5) is 16.2 Å². The number of amides is 3. The van der Waals surface area contributed by atoms with Gasteiger partial charge in [0.2, 0.25) is 5.91 Å². The average Bonchev–Trinajstić information content (AvgIpc) is 3.25. The van der Waals surface area contributed by atoms with E-state index in [1.54, 1.807) is 31.3 Å². The minimum absolute atomic E-state index is 0.0672. The minimum atomic E-state index is -0.727. The molecule has 2 heterocycles. The van der Waals surface area contributed by atoms with E-state index >= 15 is 0 Å². The lowest BCUT2D eigenvalue weighted by atomic mass is 9.81. The molecular weight excluding hydrogens is 346 g/mol. The molecule has 0 aliphatic carbocycles. The maximum absolute atomic E-state index is 12.7. The number of carbonyl (C=O) groups is 2. The van der Waals surface area contributed by atoms with E-state index in [1.165, 1.54) is 0 Å². The van der Waals surface area contributed by atoms with Crippen LogP contribution in [0.1, 0.15) is 12.0 Å². The number of rotatable bonds is 3. The molecule has 0 radical (unpaired) electrons. The van der Waals surface area contributed by atoms with E-state index in [4.69, 9.17) is 9.47 Å². The summed E-state index contributed by atoms with van der Waals surface area (Å²) in [6.45, 7) is 0.828. The van der Waals surface area contributed by atoms with Crippen LogP contribution in [0.2, 0.25) is 0 Å². The monoisotopic (exact) mass is 367 g/mol. The Labute approximate surface area is 157 Å². The fourth-order valence-electron chi connectivity index (χ4n) is 3.81. The molecule has 2 aromatic carbocycles. The Hall–Kier alpha value is -3.22. The van der Waals surface area contributed by atoms with Gasteiger partial charge in [0.1, 0.15) is 11.5 Å². The van der Waals surface area contributed by atoms with Gasteiger partial charge in [-0.1, -0.05) is 6.07 Å². The fraction of sp³-hybridized carbons (Fsp3) is 0.300. The highest BCUT2D eigenvalue weighted by Gasteiger charge is 2.52. The Bertz CT molecular complexity index is 914. The van der Waals surface area contributed by atoms with E-state index in [2.05, 4.69) is 10.6 Å². The van der Waals surface area contributed by atoms with Gasteiger partial charge in [-0.25, -0.2) is 4.79 Å². The molecule has 2 aromatic rings. The van der Waals surface area contributed by atoms with Gasteiger partial charge in [-0.3, -0.25) is 4.79 Å². The first-order valence-corrected chi connectivity index (χ1v) is 8.76. The van der Waals surface area contributed by atoms with E-state index in [1.807, 2.05) is 30.3 Å². The van der Waals surface area contributed by atoms with Crippen LogP contribution in [-0.2, 0) is 10.2 Å². The molecular formula is C20H21N3O4. The highest BCUT2D eigenvalue weighted by molar-refractivity contribution is 6.07. The van der Waals surface area contributed by atoms with Gasteiger partial charge in [0.25, 0.3) is 0 Å². The highest BCUT2D eigenvalue weighted by atomic mass is 16.5. The van der Waals surface area contributed by atoms with Gasteiger partial charge in [0, 0.05) is 30.5 Å². The van der Waals surface area contributed by atoms with Crippen molar-refractivity contribution in [3.05, 3.63) is 48.0 Å². The summed E-state index contributed by atoms with van der Waals surface area (Å²) in [6.07, 6.45) is 0.574. The number of benzene rings is 2. The number of nitrogens with zero attached hydrogens (tertiary/aromatic N) is 1. The van der Waals surface area contributed by atoms with Gasteiger partial charge in [-0.2, -0.15) is 0 Å². The summed E-state index contributed by atoms with van der Waals surface area (Å²) >= 11 is 0. The Morgan fingerprint density at radius 3 is 2.70 bits per heavy atom. The van der Waals surface area contributed by atoms with Gasteiger partial charge in [-0.15, -0.1) is 0 Å². The van der Waals surface area contributed by atoms with Gasteiger partial charge >= 0.3 is 6.03 Å². The van der Waals surface area contributed by atoms with Crippen molar-refractivity contribution in [1.29, 1.82) is 0 Å². The third kappa shape index (κ3) is 2.85. The molecule has 1 unspecified atom stereocenters. The highest BCUT2D eigenvalue weighted by Crippen LogP contribution is 2.45. The summed E-state index contributed by atoms with van der Waals surface area (Å²) in [6, 6.07) is 12.5. The van der Waals surface area contributed by atoms with Crippen molar-refractivity contribution in [1.82, 2.24) is 4.90 Å². The molecule has 1 atom stereocenters. The van der Waals surface area contributed by atoms with Crippen molar-refractivity contribution in [2.75, 3.05) is 37.9 Å². The molecule has 0 saturated carbocycles. The number of ether oxygens (including phenoxy) is 2. The van der Waals surface area contributed by atoms with Crippen molar-refractivity contribution in [3.63, 3.8) is 0 Å². The predicted octanol–water partition coefficient (Wildman–Crippen LogP) is 2.83. The standard InChI is InChI=1S/C20H21N3O4/c1-26-14-5-3-4-13(10-14)21-19(25)23-9-8-20(12-23)16-11-15(27-2)6-7-17(16)22-18(20)24/h3-7,10-11H,8-9,12H2,1-2H3,(H,21,25)(H,22,24). The molecule has 0 bridgehead atoms. The number of carbonyl (C=O) groups excluding carboxylic acids is 2. The van der Waals surface area contributed by atoms with Crippen LogP contribution in [0, 0.1) is 0 Å². The van der Waals surface area contributed by atoms with Crippen LogP contribution < -0.4 is 20.1 Å². The molecule has 2 aliphatic rings. The Balaban J connectivity index is 1.55. The molecule has 1 saturated heterocycles. The number of likely N-dealkylation sites (tertiary alicyclic amines) is 1. The molecule has 2 aliphatic heterocycles. The largest absolute Gasteiger partial charge is 0.497 e. The lowest BCUT2D eigenvalue weighted by molar-refractivity contribution is -0.120. The van der Waals surface area contributed by atoms with E-state index in [9.17, 15) is 9.59 Å². The van der Waals surface area contributed by atoms with Crippen LogP contribution in [0.3, 0.4) is 0 Å². The topological polar surface area (TPSA) is 79.9 Å². The number of anilines is 2. The molecule has 140 valence electrons. The Morgan fingerprint density at radius 1 is 1.15 bits per heavy atom. The van der Waals surface area contributed by atoms with Crippen LogP contribution in [-0.4, -0.2) is 44.1 Å². The molecule has 0 aromatic heterocycles. The van der Waals surface area contributed by atoms with Crippen molar-refractivity contribution in [2.24, 2.45) is 0 Å². The Kier molecular flexibility index (Phi) is 4.14. The quantitative estimate of drug-likeness (QED) is 0.874. The molecule has 1 spiro atoms. The average molecular weight is 367 g/mol. The first-order valence-electron chi connectivity index (χ1n) is 8.76. The van der Waals surface area contributed by atoms with E-state index in [-0.39, 0.29) is 11.9 Å². The fourth-order valence-corrected chi connectivity index (χ4v) is 3.81. The van der Waals surface area contributed by atoms with Gasteiger partial charge in [0.05, 0.1) is 19.6 Å². The summed E-state index contributed by atoms with van der Waals surface area (Å²) in [5.41, 5.74) is 1.60. The zero-order valence-electron chi connectivity index (χ0n) is 15.2. The van der Waals surface area contributed by atoms with Gasteiger partial charge in [0.15, 0.2) is 0 Å².